The van der Waals surface area contributed by atoms with Gasteiger partial charge < -0.3 is 20.7 Å². The Morgan fingerprint density at radius 3 is 2.27 bits per heavy atom. The first-order valence-corrected chi connectivity index (χ1v) is 3.21. The summed E-state index contributed by atoms with van der Waals surface area (Å²) in [5.74, 6) is 0. The lowest BCUT2D eigenvalue weighted by Crippen LogP contribution is -2.48. The van der Waals surface area contributed by atoms with Gasteiger partial charge in [-0.3, -0.25) is 0 Å². The molecule has 0 unspecified atom stereocenters. The van der Waals surface area contributed by atoms with E-state index in [2.05, 4.69) is 0 Å². The van der Waals surface area contributed by atoms with Gasteiger partial charge in [-0.05, 0) is 6.92 Å². The van der Waals surface area contributed by atoms with Crippen LogP contribution in [0, 0.1) is 0 Å². The van der Waals surface area contributed by atoms with E-state index in [0.717, 1.165) is 0 Å². The zero-order chi connectivity index (χ0) is 9.02. The van der Waals surface area contributed by atoms with Crippen molar-refractivity contribution in [2.24, 2.45) is 5.73 Å². The Bertz CT molecular complexity index is 131. The summed E-state index contributed by atoms with van der Waals surface area (Å²) in [5, 5.41) is 17.6. The number of rotatable bonds is 4. The van der Waals surface area contributed by atoms with Crippen LogP contribution in [-0.2, 0) is 4.79 Å². The molecule has 0 radical (unpaired) electrons. The summed E-state index contributed by atoms with van der Waals surface area (Å²) in [6, 6.07) is -1.35. The highest BCUT2D eigenvalue weighted by Gasteiger charge is 2.27. The van der Waals surface area contributed by atoms with Crippen LogP contribution in [0.4, 0.5) is 4.39 Å². The largest absolute Gasteiger partial charge is 0.391 e. The molecule has 0 saturated carbocycles. The number of halogens is 1. The van der Waals surface area contributed by atoms with E-state index < -0.39 is 24.4 Å². The third-order valence-electron chi connectivity index (χ3n) is 1.39. The standard InChI is InChI=1S/C6H12FNO3/c1-3(10)6(11)5(8)4(7)2-9/h2-6,10-11H,8H2,1H3/t3-,4+,5-,6+/m1/s1. The predicted molar refractivity (Wildman–Crippen MR) is 36.6 cm³/mol. The number of aliphatic hydroxyl groups is 2. The minimum absolute atomic E-state index is 0.00370. The minimum Gasteiger partial charge on any atom is -0.391 e. The number of carbonyl (C=O) groups is 1. The van der Waals surface area contributed by atoms with Crippen molar-refractivity contribution >= 4 is 6.29 Å². The van der Waals surface area contributed by atoms with Crippen molar-refractivity contribution in [3.63, 3.8) is 0 Å². The molecule has 4 atom stereocenters. The lowest BCUT2D eigenvalue weighted by molar-refractivity contribution is -0.114. The van der Waals surface area contributed by atoms with Crippen LogP contribution >= 0.6 is 0 Å². The zero-order valence-corrected chi connectivity index (χ0v) is 6.14. The summed E-state index contributed by atoms with van der Waals surface area (Å²) in [7, 11) is 0. The summed E-state index contributed by atoms with van der Waals surface area (Å²) >= 11 is 0. The van der Waals surface area contributed by atoms with Crippen molar-refractivity contribution in [2.75, 3.05) is 0 Å². The molecule has 0 aliphatic rings. The first-order valence-electron chi connectivity index (χ1n) is 3.21. The molecule has 5 heteroatoms. The maximum absolute atomic E-state index is 12.4. The third kappa shape index (κ3) is 2.92. The molecule has 0 aromatic heterocycles. The van der Waals surface area contributed by atoms with E-state index in [9.17, 15) is 9.18 Å². The maximum Gasteiger partial charge on any atom is 0.173 e. The summed E-state index contributed by atoms with van der Waals surface area (Å²) in [5.41, 5.74) is 5.06. The normalized spacial score (nSPS) is 21.9. The van der Waals surface area contributed by atoms with E-state index in [-0.39, 0.29) is 6.29 Å². The third-order valence-corrected chi connectivity index (χ3v) is 1.39. The Morgan fingerprint density at radius 2 is 2.00 bits per heavy atom. The summed E-state index contributed by atoms with van der Waals surface area (Å²) in [4.78, 5) is 9.83. The number of aliphatic hydroxyl groups excluding tert-OH is 2. The molecule has 0 fully saturated rings. The van der Waals surface area contributed by atoms with E-state index in [4.69, 9.17) is 15.9 Å². The van der Waals surface area contributed by atoms with Gasteiger partial charge in [0, 0.05) is 0 Å². The monoisotopic (exact) mass is 165 g/mol. The lowest BCUT2D eigenvalue weighted by atomic mass is 10.0. The first kappa shape index (κ1) is 10.5. The molecule has 11 heavy (non-hydrogen) atoms. The summed E-state index contributed by atoms with van der Waals surface area (Å²) in [6.07, 6.45) is -4.48. The molecule has 0 aromatic rings. The molecule has 0 rings (SSSR count). The number of carbonyl (C=O) groups excluding carboxylic acids is 1. The number of hydrogen-bond acceptors (Lipinski definition) is 4. The second kappa shape index (κ2) is 4.38. The smallest absolute Gasteiger partial charge is 0.173 e. The van der Waals surface area contributed by atoms with Gasteiger partial charge in [0.2, 0.25) is 0 Å². The topological polar surface area (TPSA) is 83.6 Å². The average Bonchev–Trinajstić information content (AvgIpc) is 2.00. The van der Waals surface area contributed by atoms with Gasteiger partial charge in [0.05, 0.1) is 18.2 Å². The Hall–Kier alpha value is -0.520. The highest BCUT2D eigenvalue weighted by Crippen LogP contribution is 2.03. The van der Waals surface area contributed by atoms with Crippen molar-refractivity contribution in [2.45, 2.75) is 31.3 Å². The Kier molecular flexibility index (Phi) is 4.17. The fourth-order valence-corrected chi connectivity index (χ4v) is 0.601. The SMILES string of the molecule is C[C@@H](O)[C@H](O)[C@H](N)[C@@H](F)C=O. The van der Waals surface area contributed by atoms with E-state index >= 15 is 0 Å². The molecule has 0 aromatic carbocycles. The number of alkyl halides is 1. The highest BCUT2D eigenvalue weighted by atomic mass is 19.1. The molecule has 0 saturated heterocycles. The van der Waals surface area contributed by atoms with Gasteiger partial charge in [-0.1, -0.05) is 0 Å². The van der Waals surface area contributed by atoms with Gasteiger partial charge in [0.15, 0.2) is 12.5 Å². The molecular weight excluding hydrogens is 153 g/mol. The number of aldehydes is 1. The molecule has 4 N–H and O–H groups in total. The van der Waals surface area contributed by atoms with Crippen LogP contribution < -0.4 is 5.73 Å². The molecular formula is C6H12FNO3. The van der Waals surface area contributed by atoms with Crippen LogP contribution in [0.15, 0.2) is 0 Å². The highest BCUT2D eigenvalue weighted by molar-refractivity contribution is 5.57. The van der Waals surface area contributed by atoms with E-state index in [1.54, 1.807) is 0 Å². The first-order chi connectivity index (χ1) is 5.00. The van der Waals surface area contributed by atoms with Crippen molar-refractivity contribution < 1.29 is 19.4 Å². The van der Waals surface area contributed by atoms with Gasteiger partial charge in [0.25, 0.3) is 0 Å². The van der Waals surface area contributed by atoms with Crippen LogP contribution in [0.25, 0.3) is 0 Å². The van der Waals surface area contributed by atoms with E-state index in [0.29, 0.717) is 0 Å². The van der Waals surface area contributed by atoms with Gasteiger partial charge in [0.1, 0.15) is 0 Å². The van der Waals surface area contributed by atoms with Crippen LogP contribution in [0.2, 0.25) is 0 Å². The fourth-order valence-electron chi connectivity index (χ4n) is 0.601. The van der Waals surface area contributed by atoms with Gasteiger partial charge in [-0.2, -0.15) is 0 Å². The van der Waals surface area contributed by atoms with Gasteiger partial charge in [-0.15, -0.1) is 0 Å². The average molecular weight is 165 g/mol. The molecule has 0 aliphatic heterocycles. The Balaban J connectivity index is 4.00. The molecule has 0 heterocycles. The second-order valence-electron chi connectivity index (χ2n) is 2.39. The summed E-state index contributed by atoms with van der Waals surface area (Å²) in [6.45, 7) is 1.27. The minimum atomic E-state index is -1.93. The molecule has 0 spiro atoms. The summed E-state index contributed by atoms with van der Waals surface area (Å²) < 4.78 is 12.4. The van der Waals surface area contributed by atoms with Gasteiger partial charge >= 0.3 is 0 Å². The fraction of sp³-hybridized carbons (Fsp3) is 0.833. The van der Waals surface area contributed by atoms with Crippen molar-refractivity contribution in [1.82, 2.24) is 0 Å². The Morgan fingerprint density at radius 1 is 1.55 bits per heavy atom. The predicted octanol–water partition coefficient (Wildman–Crippen LogP) is -1.41. The molecule has 0 aliphatic carbocycles. The van der Waals surface area contributed by atoms with Crippen LogP contribution in [-0.4, -0.2) is 40.9 Å². The molecule has 0 amide bonds. The molecule has 4 nitrogen and oxygen atoms in total. The zero-order valence-electron chi connectivity index (χ0n) is 6.14. The Labute approximate surface area is 63.8 Å². The molecule has 66 valence electrons. The van der Waals surface area contributed by atoms with Crippen molar-refractivity contribution in [1.29, 1.82) is 0 Å². The van der Waals surface area contributed by atoms with Crippen LogP contribution in [0.1, 0.15) is 6.92 Å². The number of nitrogens with two attached hydrogens (primary N) is 1. The number of hydrogen-bond donors (Lipinski definition) is 3. The van der Waals surface area contributed by atoms with Crippen molar-refractivity contribution in [3.8, 4) is 0 Å². The van der Waals surface area contributed by atoms with Crippen LogP contribution in [0.5, 0.6) is 0 Å². The van der Waals surface area contributed by atoms with E-state index in [1.165, 1.54) is 6.92 Å². The van der Waals surface area contributed by atoms with Gasteiger partial charge in [-0.25, -0.2) is 4.39 Å². The quantitative estimate of drug-likeness (QED) is 0.447. The van der Waals surface area contributed by atoms with E-state index in [1.807, 2.05) is 0 Å². The van der Waals surface area contributed by atoms with Crippen LogP contribution in [0.3, 0.4) is 0 Å². The maximum atomic E-state index is 12.4. The molecule has 0 bridgehead atoms. The van der Waals surface area contributed by atoms with Crippen molar-refractivity contribution in [3.05, 3.63) is 0 Å². The second-order valence-corrected chi connectivity index (χ2v) is 2.39. The lowest BCUT2D eigenvalue weighted by Gasteiger charge is -2.21.